The van der Waals surface area contributed by atoms with E-state index in [4.69, 9.17) is 9.84 Å². The van der Waals surface area contributed by atoms with Crippen molar-refractivity contribution in [1.29, 1.82) is 0 Å². The predicted molar refractivity (Wildman–Crippen MR) is 69.8 cm³/mol. The maximum atomic E-state index is 10.9. The Morgan fingerprint density at radius 2 is 2.53 bits per heavy atom. The summed E-state index contributed by atoms with van der Waals surface area (Å²) in [4.78, 5) is 13.0. The van der Waals surface area contributed by atoms with Gasteiger partial charge < -0.3 is 9.84 Å². The summed E-state index contributed by atoms with van der Waals surface area (Å²) in [5.74, 6) is -0.899. The summed E-state index contributed by atoms with van der Waals surface area (Å²) in [6.07, 6.45) is 2.92. The summed E-state index contributed by atoms with van der Waals surface area (Å²) in [5.41, 5.74) is 2.21. The van der Waals surface area contributed by atoms with Crippen molar-refractivity contribution < 1.29 is 14.6 Å². The monoisotopic (exact) mass is 265 g/mol. The van der Waals surface area contributed by atoms with E-state index in [1.54, 1.807) is 6.08 Å². The molecule has 6 heteroatoms. The molecule has 1 aromatic rings. The van der Waals surface area contributed by atoms with E-state index in [1.165, 1.54) is 0 Å². The molecule has 1 aliphatic heterocycles. The number of rotatable bonds is 5. The van der Waals surface area contributed by atoms with E-state index in [0.29, 0.717) is 26.2 Å². The minimum absolute atomic E-state index is 0.418. The lowest BCUT2D eigenvalue weighted by Gasteiger charge is -2.30. The van der Waals surface area contributed by atoms with Gasteiger partial charge in [-0.3, -0.25) is 9.58 Å². The van der Waals surface area contributed by atoms with Crippen LogP contribution < -0.4 is 0 Å². The lowest BCUT2D eigenvalue weighted by atomic mass is 10.2. The van der Waals surface area contributed by atoms with Crippen molar-refractivity contribution in [3.05, 3.63) is 30.1 Å². The largest absolute Gasteiger partial charge is 0.479 e. The Hall–Kier alpha value is -1.66. The van der Waals surface area contributed by atoms with Gasteiger partial charge in [0.25, 0.3) is 0 Å². The standard InChI is InChI=1S/C13H19N3O3/c1-3-4-16-10(2)11(7-14-16)8-15-5-6-19-12(9-15)13(17)18/h3,7,12H,1,4-6,8-9H2,2H3,(H,17,18). The molecule has 1 unspecified atom stereocenters. The second kappa shape index (κ2) is 5.99. The molecule has 0 amide bonds. The third-order valence-electron chi connectivity index (χ3n) is 3.33. The number of carboxylic acids is 1. The average molecular weight is 265 g/mol. The van der Waals surface area contributed by atoms with Gasteiger partial charge in [0, 0.05) is 30.9 Å². The van der Waals surface area contributed by atoms with Crippen LogP contribution in [0.5, 0.6) is 0 Å². The second-order valence-electron chi connectivity index (χ2n) is 4.66. The van der Waals surface area contributed by atoms with Crippen LogP contribution in [0.2, 0.25) is 0 Å². The Morgan fingerprint density at radius 1 is 1.74 bits per heavy atom. The minimum Gasteiger partial charge on any atom is -0.479 e. The fourth-order valence-electron chi connectivity index (χ4n) is 2.18. The first kappa shape index (κ1) is 13.8. The normalized spacial score (nSPS) is 20.4. The molecule has 6 nitrogen and oxygen atoms in total. The van der Waals surface area contributed by atoms with Crippen molar-refractivity contribution in [2.75, 3.05) is 19.7 Å². The van der Waals surface area contributed by atoms with E-state index in [1.807, 2.05) is 17.8 Å². The molecule has 0 radical (unpaired) electrons. The molecule has 1 aliphatic rings. The van der Waals surface area contributed by atoms with Crippen molar-refractivity contribution in [3.8, 4) is 0 Å². The predicted octanol–water partition coefficient (Wildman–Crippen LogP) is 0.663. The van der Waals surface area contributed by atoms with Gasteiger partial charge in [-0.2, -0.15) is 5.10 Å². The van der Waals surface area contributed by atoms with Crippen molar-refractivity contribution in [2.45, 2.75) is 26.1 Å². The van der Waals surface area contributed by atoms with Crippen LogP contribution >= 0.6 is 0 Å². The summed E-state index contributed by atoms with van der Waals surface area (Å²) >= 11 is 0. The van der Waals surface area contributed by atoms with Crippen LogP contribution in [0.15, 0.2) is 18.9 Å². The summed E-state index contributed by atoms with van der Waals surface area (Å²) in [6.45, 7) is 8.72. The zero-order chi connectivity index (χ0) is 13.8. The van der Waals surface area contributed by atoms with Gasteiger partial charge in [-0.1, -0.05) is 6.08 Å². The van der Waals surface area contributed by atoms with Crippen LogP contribution in [0.4, 0.5) is 0 Å². The molecule has 0 spiro atoms. The lowest BCUT2D eigenvalue weighted by Crippen LogP contribution is -2.45. The molecule has 0 aliphatic carbocycles. The van der Waals surface area contributed by atoms with Crippen molar-refractivity contribution >= 4 is 5.97 Å². The summed E-state index contributed by atoms with van der Waals surface area (Å²) in [7, 11) is 0. The topological polar surface area (TPSA) is 67.6 Å². The summed E-state index contributed by atoms with van der Waals surface area (Å²) in [6, 6.07) is 0. The molecule has 1 saturated heterocycles. The van der Waals surface area contributed by atoms with Crippen LogP contribution in [0.3, 0.4) is 0 Å². The fraction of sp³-hybridized carbons (Fsp3) is 0.538. The van der Waals surface area contributed by atoms with Crippen molar-refractivity contribution in [1.82, 2.24) is 14.7 Å². The van der Waals surface area contributed by atoms with Crippen molar-refractivity contribution in [3.63, 3.8) is 0 Å². The Morgan fingerprint density at radius 3 is 3.21 bits per heavy atom. The number of morpholine rings is 1. The van der Waals surface area contributed by atoms with Crippen LogP contribution in [-0.4, -0.2) is 51.6 Å². The number of aliphatic carboxylic acids is 1. The number of aromatic nitrogens is 2. The van der Waals surface area contributed by atoms with Gasteiger partial charge in [-0.15, -0.1) is 6.58 Å². The molecule has 1 aromatic heterocycles. The van der Waals surface area contributed by atoms with Crippen LogP contribution in [0, 0.1) is 6.92 Å². The highest BCUT2D eigenvalue weighted by Gasteiger charge is 2.26. The smallest absolute Gasteiger partial charge is 0.334 e. The molecule has 19 heavy (non-hydrogen) atoms. The molecule has 2 heterocycles. The second-order valence-corrected chi connectivity index (χ2v) is 4.66. The Kier molecular flexibility index (Phi) is 4.34. The molecule has 1 fully saturated rings. The number of allylic oxidation sites excluding steroid dienone is 1. The third kappa shape index (κ3) is 3.21. The molecule has 0 saturated carbocycles. The molecule has 2 rings (SSSR count). The number of hydrogen-bond donors (Lipinski definition) is 1. The number of hydrogen-bond acceptors (Lipinski definition) is 4. The van der Waals surface area contributed by atoms with Crippen molar-refractivity contribution in [2.24, 2.45) is 0 Å². The van der Waals surface area contributed by atoms with Crippen LogP contribution in [0.1, 0.15) is 11.3 Å². The quantitative estimate of drug-likeness (QED) is 0.792. The van der Waals surface area contributed by atoms with Gasteiger partial charge in [0.15, 0.2) is 6.10 Å². The highest BCUT2D eigenvalue weighted by molar-refractivity contribution is 5.72. The van der Waals surface area contributed by atoms with Gasteiger partial charge >= 0.3 is 5.97 Å². The molecule has 104 valence electrons. The highest BCUT2D eigenvalue weighted by atomic mass is 16.5. The molecule has 0 aromatic carbocycles. The fourth-order valence-corrected chi connectivity index (χ4v) is 2.18. The zero-order valence-corrected chi connectivity index (χ0v) is 11.1. The summed E-state index contributed by atoms with van der Waals surface area (Å²) < 4.78 is 7.09. The molecular formula is C13H19N3O3. The van der Waals surface area contributed by atoms with Gasteiger partial charge in [0.1, 0.15) is 0 Å². The molecular weight excluding hydrogens is 246 g/mol. The van der Waals surface area contributed by atoms with Gasteiger partial charge in [-0.05, 0) is 6.92 Å². The van der Waals surface area contributed by atoms with E-state index in [9.17, 15) is 4.79 Å². The number of ether oxygens (including phenoxy) is 1. The van der Waals surface area contributed by atoms with E-state index in [-0.39, 0.29) is 0 Å². The zero-order valence-electron chi connectivity index (χ0n) is 11.1. The van der Waals surface area contributed by atoms with Crippen LogP contribution in [0.25, 0.3) is 0 Å². The number of carbonyl (C=O) groups is 1. The Balaban J connectivity index is 2.00. The minimum atomic E-state index is -0.899. The third-order valence-corrected chi connectivity index (χ3v) is 3.33. The Labute approximate surface area is 112 Å². The molecule has 1 atom stereocenters. The maximum absolute atomic E-state index is 10.9. The first-order valence-electron chi connectivity index (χ1n) is 6.30. The maximum Gasteiger partial charge on any atom is 0.334 e. The molecule has 0 bridgehead atoms. The van der Waals surface area contributed by atoms with Crippen LogP contribution in [-0.2, 0) is 22.6 Å². The highest BCUT2D eigenvalue weighted by Crippen LogP contribution is 2.14. The van der Waals surface area contributed by atoms with E-state index >= 15 is 0 Å². The SMILES string of the molecule is C=CCn1ncc(CN2CCOC(C(=O)O)C2)c1C. The number of carboxylic acid groups (broad SMARTS) is 1. The summed E-state index contributed by atoms with van der Waals surface area (Å²) in [5, 5.41) is 13.3. The van der Waals surface area contributed by atoms with Gasteiger partial charge in [0.05, 0.1) is 19.3 Å². The van der Waals surface area contributed by atoms with E-state index < -0.39 is 12.1 Å². The molecule has 1 N–H and O–H groups in total. The Bertz CT molecular complexity index is 470. The van der Waals surface area contributed by atoms with Gasteiger partial charge in [-0.25, -0.2) is 4.79 Å². The van der Waals surface area contributed by atoms with E-state index in [0.717, 1.165) is 17.8 Å². The average Bonchev–Trinajstić information content (AvgIpc) is 2.72. The van der Waals surface area contributed by atoms with Gasteiger partial charge in [0.2, 0.25) is 0 Å². The van der Waals surface area contributed by atoms with E-state index in [2.05, 4.69) is 16.6 Å². The lowest BCUT2D eigenvalue weighted by molar-refractivity contribution is -0.156. The first-order valence-corrected chi connectivity index (χ1v) is 6.30. The first-order chi connectivity index (χ1) is 9.11. The number of nitrogens with zero attached hydrogens (tertiary/aromatic N) is 3.